The molecule has 1 unspecified atom stereocenters. The summed E-state index contributed by atoms with van der Waals surface area (Å²) in [4.78, 5) is 12.3. The maximum absolute atomic E-state index is 12.3. The Balaban J connectivity index is 1.55. The number of nitrogens with one attached hydrogen (secondary N) is 1. The molecule has 0 fully saturated rings. The molecule has 1 N–H and O–H groups in total. The second-order valence-electron chi connectivity index (χ2n) is 7.00. The summed E-state index contributed by atoms with van der Waals surface area (Å²) in [6.07, 6.45) is 0.772. The van der Waals surface area contributed by atoms with E-state index in [1.54, 1.807) is 57.5 Å². The van der Waals surface area contributed by atoms with Crippen molar-refractivity contribution in [3.63, 3.8) is 0 Å². The molecule has 1 amide bonds. The highest BCUT2D eigenvalue weighted by molar-refractivity contribution is 6.30. The van der Waals surface area contributed by atoms with Gasteiger partial charge in [0.25, 0.3) is 5.91 Å². The number of halogens is 1. The predicted octanol–water partition coefficient (Wildman–Crippen LogP) is 4.85. The van der Waals surface area contributed by atoms with Crippen molar-refractivity contribution in [2.75, 3.05) is 14.2 Å². The van der Waals surface area contributed by atoms with Crippen LogP contribution in [0.3, 0.4) is 0 Å². The first-order valence-corrected chi connectivity index (χ1v) is 10.5. The van der Waals surface area contributed by atoms with Gasteiger partial charge in [-0.3, -0.25) is 4.79 Å². The Morgan fingerprint density at radius 2 is 1.76 bits per heavy atom. The Morgan fingerprint density at radius 3 is 2.48 bits per heavy atom. The molecular weight excluding hydrogens is 444 g/mol. The fourth-order valence-electron chi connectivity index (χ4n) is 2.82. The Morgan fingerprint density at radius 1 is 1.00 bits per heavy atom. The first kappa shape index (κ1) is 23.9. The molecule has 8 heteroatoms. The minimum absolute atomic E-state index is 0.377. The van der Waals surface area contributed by atoms with Crippen LogP contribution in [0.15, 0.2) is 71.8 Å². The molecule has 0 bridgehead atoms. The number of ether oxygens (including phenoxy) is 4. The van der Waals surface area contributed by atoms with Gasteiger partial charge in [-0.2, -0.15) is 5.10 Å². The second-order valence-corrected chi connectivity index (χ2v) is 7.44. The Kier molecular flexibility index (Phi) is 8.55. The molecule has 33 heavy (non-hydrogen) atoms. The molecule has 0 saturated heterocycles. The SMILES string of the molecule is COc1cccc(OC(C)C(=O)N/N=C/c2ccc(OCc3ccc(Cl)cc3)c(OC)c2)c1. The van der Waals surface area contributed by atoms with Gasteiger partial charge in [0.15, 0.2) is 17.6 Å². The summed E-state index contributed by atoms with van der Waals surface area (Å²) in [5, 5.41) is 4.68. The maximum Gasteiger partial charge on any atom is 0.280 e. The number of hydrazone groups is 1. The number of carbonyl (C=O) groups is 1. The lowest BCUT2D eigenvalue weighted by molar-refractivity contribution is -0.127. The number of carbonyl (C=O) groups excluding carboxylic acids is 1. The maximum atomic E-state index is 12.3. The molecule has 1 atom stereocenters. The molecule has 0 saturated carbocycles. The van der Waals surface area contributed by atoms with Crippen molar-refractivity contribution >= 4 is 23.7 Å². The van der Waals surface area contributed by atoms with E-state index < -0.39 is 6.10 Å². The normalized spacial score (nSPS) is 11.6. The summed E-state index contributed by atoms with van der Waals surface area (Å²) in [6.45, 7) is 2.02. The monoisotopic (exact) mass is 468 g/mol. The molecule has 0 aliphatic heterocycles. The minimum atomic E-state index is -0.743. The number of hydrogen-bond acceptors (Lipinski definition) is 6. The van der Waals surface area contributed by atoms with Gasteiger partial charge in [0.1, 0.15) is 18.1 Å². The summed E-state index contributed by atoms with van der Waals surface area (Å²) in [6, 6.07) is 19.8. The van der Waals surface area contributed by atoms with Crippen LogP contribution in [-0.2, 0) is 11.4 Å². The van der Waals surface area contributed by atoms with Crippen LogP contribution in [0.4, 0.5) is 0 Å². The molecule has 3 rings (SSSR count). The first-order chi connectivity index (χ1) is 16.0. The number of methoxy groups -OCH3 is 2. The number of nitrogens with zero attached hydrogens (tertiary/aromatic N) is 1. The predicted molar refractivity (Wildman–Crippen MR) is 128 cm³/mol. The number of rotatable bonds is 10. The highest BCUT2D eigenvalue weighted by atomic mass is 35.5. The van der Waals surface area contributed by atoms with E-state index in [1.165, 1.54) is 6.21 Å². The zero-order chi connectivity index (χ0) is 23.6. The van der Waals surface area contributed by atoms with Gasteiger partial charge in [0, 0.05) is 11.1 Å². The Labute approximate surface area is 197 Å². The summed E-state index contributed by atoms with van der Waals surface area (Å²) in [5.41, 5.74) is 4.19. The van der Waals surface area contributed by atoms with Gasteiger partial charge in [-0.05, 0) is 60.5 Å². The molecule has 0 spiro atoms. The fraction of sp³-hybridized carbons (Fsp3) is 0.200. The molecule has 172 valence electrons. The Bertz CT molecular complexity index is 1100. The standard InChI is InChI=1S/C25H25ClN2O5/c1-17(33-22-6-4-5-21(14-22)30-2)25(29)28-27-15-19-9-12-23(24(13-19)31-3)32-16-18-7-10-20(26)11-8-18/h4-15,17H,16H2,1-3H3,(H,28,29)/b27-15+. The topological polar surface area (TPSA) is 78.4 Å². The van der Waals surface area contributed by atoms with Gasteiger partial charge >= 0.3 is 0 Å². The molecule has 0 aliphatic rings. The van der Waals surface area contributed by atoms with Crippen molar-refractivity contribution in [3.8, 4) is 23.0 Å². The van der Waals surface area contributed by atoms with E-state index in [2.05, 4.69) is 10.5 Å². The van der Waals surface area contributed by atoms with Gasteiger partial charge in [0.2, 0.25) is 0 Å². The van der Waals surface area contributed by atoms with Crippen molar-refractivity contribution in [1.29, 1.82) is 0 Å². The molecule has 7 nitrogen and oxygen atoms in total. The van der Waals surface area contributed by atoms with Crippen LogP contribution in [0.1, 0.15) is 18.1 Å². The first-order valence-electron chi connectivity index (χ1n) is 10.2. The highest BCUT2D eigenvalue weighted by Crippen LogP contribution is 2.28. The van der Waals surface area contributed by atoms with Crippen LogP contribution < -0.4 is 24.4 Å². The zero-order valence-electron chi connectivity index (χ0n) is 18.6. The van der Waals surface area contributed by atoms with Crippen molar-refractivity contribution in [2.24, 2.45) is 5.10 Å². The van der Waals surface area contributed by atoms with Gasteiger partial charge in [0.05, 0.1) is 20.4 Å². The van der Waals surface area contributed by atoms with Crippen LogP contribution >= 0.6 is 11.6 Å². The molecule has 0 radical (unpaired) electrons. The van der Waals surface area contributed by atoms with Gasteiger partial charge < -0.3 is 18.9 Å². The van der Waals surface area contributed by atoms with E-state index in [0.717, 1.165) is 11.1 Å². The summed E-state index contributed by atoms with van der Waals surface area (Å²) in [7, 11) is 3.13. The summed E-state index contributed by atoms with van der Waals surface area (Å²) in [5.74, 6) is 1.93. The lowest BCUT2D eigenvalue weighted by Gasteiger charge is -2.13. The van der Waals surface area contributed by atoms with E-state index in [-0.39, 0.29) is 5.91 Å². The van der Waals surface area contributed by atoms with Crippen LogP contribution in [0.25, 0.3) is 0 Å². The summed E-state index contributed by atoms with van der Waals surface area (Å²) >= 11 is 5.91. The second kappa shape index (κ2) is 11.8. The quantitative estimate of drug-likeness (QED) is 0.340. The van der Waals surface area contributed by atoms with Crippen molar-refractivity contribution in [2.45, 2.75) is 19.6 Å². The van der Waals surface area contributed by atoms with E-state index in [0.29, 0.717) is 34.6 Å². The van der Waals surface area contributed by atoms with Crippen LogP contribution in [0.5, 0.6) is 23.0 Å². The van der Waals surface area contributed by atoms with Crippen LogP contribution in [-0.4, -0.2) is 32.4 Å². The summed E-state index contributed by atoms with van der Waals surface area (Å²) < 4.78 is 22.1. The Hall–Kier alpha value is -3.71. The van der Waals surface area contributed by atoms with Crippen molar-refractivity contribution < 1.29 is 23.7 Å². The highest BCUT2D eigenvalue weighted by Gasteiger charge is 2.14. The molecule has 0 heterocycles. The number of benzene rings is 3. The molecular formula is C25H25ClN2O5. The van der Waals surface area contributed by atoms with Crippen LogP contribution in [0, 0.1) is 0 Å². The number of hydrogen-bond donors (Lipinski definition) is 1. The van der Waals surface area contributed by atoms with Gasteiger partial charge in [-0.15, -0.1) is 0 Å². The smallest absolute Gasteiger partial charge is 0.280 e. The third kappa shape index (κ3) is 7.15. The largest absolute Gasteiger partial charge is 0.497 e. The van der Waals surface area contributed by atoms with Crippen molar-refractivity contribution in [1.82, 2.24) is 5.43 Å². The average Bonchev–Trinajstić information content (AvgIpc) is 2.84. The molecule has 0 aliphatic carbocycles. The third-order valence-corrected chi connectivity index (χ3v) is 4.86. The van der Waals surface area contributed by atoms with E-state index in [1.807, 2.05) is 30.3 Å². The van der Waals surface area contributed by atoms with E-state index in [4.69, 9.17) is 30.5 Å². The van der Waals surface area contributed by atoms with Crippen LogP contribution in [0.2, 0.25) is 5.02 Å². The third-order valence-electron chi connectivity index (χ3n) is 4.61. The molecule has 0 aromatic heterocycles. The van der Waals surface area contributed by atoms with Gasteiger partial charge in [-0.1, -0.05) is 29.8 Å². The van der Waals surface area contributed by atoms with E-state index >= 15 is 0 Å². The molecule has 3 aromatic rings. The molecule has 3 aromatic carbocycles. The number of amides is 1. The van der Waals surface area contributed by atoms with E-state index in [9.17, 15) is 4.79 Å². The van der Waals surface area contributed by atoms with Gasteiger partial charge in [-0.25, -0.2) is 5.43 Å². The fourth-order valence-corrected chi connectivity index (χ4v) is 2.94. The lowest BCUT2D eigenvalue weighted by atomic mass is 10.2. The lowest BCUT2D eigenvalue weighted by Crippen LogP contribution is -2.33. The van der Waals surface area contributed by atoms with Crippen molar-refractivity contribution in [3.05, 3.63) is 82.9 Å². The minimum Gasteiger partial charge on any atom is -0.497 e. The average molecular weight is 469 g/mol. The zero-order valence-corrected chi connectivity index (χ0v) is 19.3.